The number of nitrogens with one attached hydrogen (secondary N) is 1. The van der Waals surface area contributed by atoms with E-state index in [0.29, 0.717) is 11.2 Å². The van der Waals surface area contributed by atoms with Crippen LogP contribution in [0.15, 0.2) is 50.6 Å². The van der Waals surface area contributed by atoms with Crippen LogP contribution in [0.25, 0.3) is 11.3 Å². The lowest BCUT2D eigenvalue weighted by Crippen LogP contribution is -2.33. The van der Waals surface area contributed by atoms with Crippen LogP contribution in [0.2, 0.25) is 5.02 Å². The third kappa shape index (κ3) is 2.51. The number of thioether (sulfide) groups is 1. The molecule has 3 heterocycles. The highest BCUT2D eigenvalue weighted by molar-refractivity contribution is 8.00. The Bertz CT molecular complexity index is 1070. The predicted molar refractivity (Wildman–Crippen MR) is 110 cm³/mol. The number of rotatable bonds is 2. The molecule has 3 nitrogen and oxygen atoms in total. The summed E-state index contributed by atoms with van der Waals surface area (Å²) < 4.78 is 6.37. The van der Waals surface area contributed by atoms with Gasteiger partial charge in [-0.15, -0.1) is 11.8 Å². The van der Waals surface area contributed by atoms with Crippen LogP contribution in [-0.4, -0.2) is 10.2 Å². The molecule has 1 aliphatic heterocycles. The zero-order valence-electron chi connectivity index (χ0n) is 14.5. The molecule has 6 heteroatoms. The zero-order valence-corrected chi connectivity index (χ0v) is 16.9. The molecule has 2 bridgehead atoms. The fraction of sp³-hybridized carbons (Fsp3) is 0.381. The first kappa shape index (κ1) is 16.5. The van der Waals surface area contributed by atoms with E-state index in [1.54, 1.807) is 0 Å². The summed E-state index contributed by atoms with van der Waals surface area (Å²) in [6, 6.07) is 11.9. The number of hydrogen-bond donors (Lipinski definition) is 1. The second kappa shape index (κ2) is 6.03. The Hall–Kier alpha value is -1.43. The van der Waals surface area contributed by atoms with Gasteiger partial charge in [0.05, 0.1) is 15.8 Å². The van der Waals surface area contributed by atoms with E-state index >= 15 is 0 Å². The molecular weight excluding hydrogens is 398 g/mol. The van der Waals surface area contributed by atoms with Crippen molar-refractivity contribution < 1.29 is 4.42 Å². The number of fused-ring (bicyclic) bond motifs is 6. The summed E-state index contributed by atoms with van der Waals surface area (Å²) in [4.78, 5) is 16.4. The average Bonchev–Trinajstić information content (AvgIpc) is 3.43. The topological polar surface area (TPSA) is 46.0 Å². The SMILES string of the molecule is O=c1[nH]c2c(s1)[C@H](c1ccc(-c3ccc(Cl)cc3)o1)[C@@H]1[C@H]3CC[C@@H](C3)[C@@H]1S2. The summed E-state index contributed by atoms with van der Waals surface area (Å²) >= 11 is 9.30. The molecule has 0 amide bonds. The average molecular weight is 416 g/mol. The van der Waals surface area contributed by atoms with Gasteiger partial charge in [-0.1, -0.05) is 22.9 Å². The van der Waals surface area contributed by atoms with E-state index in [-0.39, 0.29) is 10.8 Å². The van der Waals surface area contributed by atoms with Gasteiger partial charge in [0.15, 0.2) is 0 Å². The van der Waals surface area contributed by atoms with Crippen LogP contribution in [0, 0.1) is 17.8 Å². The molecule has 27 heavy (non-hydrogen) atoms. The van der Waals surface area contributed by atoms with E-state index in [9.17, 15) is 4.79 Å². The highest BCUT2D eigenvalue weighted by Gasteiger charge is 2.55. The lowest BCUT2D eigenvalue weighted by atomic mass is 9.77. The van der Waals surface area contributed by atoms with Crippen LogP contribution in [0.3, 0.4) is 0 Å². The molecule has 2 fully saturated rings. The van der Waals surface area contributed by atoms with Crippen molar-refractivity contribution in [3.63, 3.8) is 0 Å². The number of hydrogen-bond acceptors (Lipinski definition) is 4. The molecule has 3 aliphatic rings. The number of aromatic amines is 1. The third-order valence-electron chi connectivity index (χ3n) is 6.53. The molecule has 1 N–H and O–H groups in total. The van der Waals surface area contributed by atoms with E-state index in [0.717, 1.165) is 39.0 Å². The van der Waals surface area contributed by atoms with Gasteiger partial charge in [0.2, 0.25) is 0 Å². The van der Waals surface area contributed by atoms with Crippen molar-refractivity contribution in [2.75, 3.05) is 0 Å². The van der Waals surface area contributed by atoms with Crippen LogP contribution in [0.1, 0.15) is 35.8 Å². The molecule has 0 saturated heterocycles. The Morgan fingerprint density at radius 3 is 2.74 bits per heavy atom. The first-order valence-corrected chi connectivity index (χ1v) is 11.5. The van der Waals surface area contributed by atoms with Gasteiger partial charge < -0.3 is 9.40 Å². The number of thiazole rings is 1. The number of halogens is 1. The Kier molecular flexibility index (Phi) is 3.69. The molecule has 3 aromatic rings. The minimum atomic E-state index is 0.0503. The Morgan fingerprint density at radius 1 is 1.07 bits per heavy atom. The predicted octanol–water partition coefficient (Wildman–Crippen LogP) is 6.00. The highest BCUT2D eigenvalue weighted by Crippen LogP contribution is 2.63. The van der Waals surface area contributed by atoms with Crippen molar-refractivity contribution in [2.45, 2.75) is 35.5 Å². The molecule has 6 rings (SSSR count). The van der Waals surface area contributed by atoms with Crippen LogP contribution >= 0.6 is 34.7 Å². The molecule has 0 radical (unpaired) electrons. The summed E-state index contributed by atoms with van der Waals surface area (Å²) in [5.74, 6) is 4.19. The summed E-state index contributed by atoms with van der Waals surface area (Å²) in [5, 5.41) is 2.41. The molecule has 1 aromatic carbocycles. The van der Waals surface area contributed by atoms with Crippen molar-refractivity contribution >= 4 is 34.7 Å². The normalized spacial score (nSPS) is 31.1. The maximum atomic E-state index is 12.1. The third-order valence-corrected chi connectivity index (χ3v) is 9.40. The Labute approximate surface area is 170 Å². The van der Waals surface area contributed by atoms with E-state index in [2.05, 4.69) is 17.1 Å². The smallest absolute Gasteiger partial charge is 0.305 e. The largest absolute Gasteiger partial charge is 0.460 e. The van der Waals surface area contributed by atoms with Crippen molar-refractivity contribution in [3.8, 4) is 11.3 Å². The fourth-order valence-electron chi connectivity index (χ4n) is 5.46. The van der Waals surface area contributed by atoms with Crippen molar-refractivity contribution in [1.29, 1.82) is 0 Å². The summed E-state index contributed by atoms with van der Waals surface area (Å²) in [7, 11) is 0. The van der Waals surface area contributed by atoms with E-state index in [1.807, 2.05) is 36.0 Å². The molecule has 138 valence electrons. The molecule has 2 saturated carbocycles. The Morgan fingerprint density at radius 2 is 1.89 bits per heavy atom. The van der Waals surface area contributed by atoms with E-state index in [1.165, 1.54) is 35.5 Å². The van der Waals surface area contributed by atoms with Crippen molar-refractivity contribution in [3.05, 3.63) is 61.7 Å². The van der Waals surface area contributed by atoms with Gasteiger partial charge in [0.1, 0.15) is 11.5 Å². The van der Waals surface area contributed by atoms with Crippen LogP contribution in [-0.2, 0) is 0 Å². The van der Waals surface area contributed by atoms with Gasteiger partial charge in [0, 0.05) is 15.8 Å². The molecular formula is C21H18ClNO2S2. The summed E-state index contributed by atoms with van der Waals surface area (Å²) in [6.07, 6.45) is 3.99. The molecule has 5 atom stereocenters. The lowest BCUT2D eigenvalue weighted by molar-refractivity contribution is 0.285. The van der Waals surface area contributed by atoms with Gasteiger partial charge in [-0.05, 0) is 73.4 Å². The van der Waals surface area contributed by atoms with Crippen molar-refractivity contribution in [2.24, 2.45) is 17.8 Å². The number of H-pyrrole nitrogens is 1. The van der Waals surface area contributed by atoms with E-state index < -0.39 is 0 Å². The fourth-order valence-corrected chi connectivity index (χ4v) is 8.46. The minimum absolute atomic E-state index is 0.0503. The maximum Gasteiger partial charge on any atom is 0.305 e. The van der Waals surface area contributed by atoms with Gasteiger partial charge in [-0.3, -0.25) is 4.79 Å². The summed E-state index contributed by atoms with van der Waals surface area (Å²) in [6.45, 7) is 0. The molecule has 2 aliphatic carbocycles. The second-order valence-electron chi connectivity index (χ2n) is 7.89. The first-order valence-electron chi connectivity index (χ1n) is 9.43. The number of benzene rings is 1. The summed E-state index contributed by atoms with van der Waals surface area (Å²) in [5.41, 5.74) is 1.03. The van der Waals surface area contributed by atoms with Gasteiger partial charge in [-0.25, -0.2) is 0 Å². The second-order valence-corrected chi connectivity index (χ2v) is 10.5. The maximum absolute atomic E-state index is 12.1. The van der Waals surface area contributed by atoms with Gasteiger partial charge >= 0.3 is 4.87 Å². The van der Waals surface area contributed by atoms with Crippen LogP contribution in [0.5, 0.6) is 0 Å². The standard InChI is InChI=1S/C21H18ClNO2S2/c22-13-5-3-10(4-6-13)14-7-8-15(25-14)17-16-11-1-2-12(9-11)18(16)26-20-19(17)27-21(24)23-20/h3-8,11-12,16-18H,1-2,9H2,(H,23,24)/t11-,12-,16-,17+,18-/m0/s1. The number of aromatic nitrogens is 1. The monoisotopic (exact) mass is 415 g/mol. The lowest BCUT2D eigenvalue weighted by Gasteiger charge is -2.38. The Balaban J connectivity index is 1.45. The minimum Gasteiger partial charge on any atom is -0.460 e. The van der Waals surface area contributed by atoms with Crippen molar-refractivity contribution in [1.82, 2.24) is 4.98 Å². The van der Waals surface area contributed by atoms with E-state index in [4.69, 9.17) is 16.0 Å². The van der Waals surface area contributed by atoms with Gasteiger partial charge in [0.25, 0.3) is 0 Å². The number of furan rings is 1. The first-order chi connectivity index (χ1) is 13.2. The molecule has 0 spiro atoms. The highest BCUT2D eigenvalue weighted by atomic mass is 35.5. The quantitative estimate of drug-likeness (QED) is 0.558. The molecule has 2 aromatic heterocycles. The van der Waals surface area contributed by atoms with Crippen LogP contribution in [0.4, 0.5) is 0 Å². The van der Waals surface area contributed by atoms with Crippen LogP contribution < -0.4 is 4.87 Å². The zero-order chi connectivity index (χ0) is 18.1. The van der Waals surface area contributed by atoms with Gasteiger partial charge in [-0.2, -0.15) is 0 Å². The molecule has 0 unspecified atom stereocenters.